The van der Waals surface area contributed by atoms with E-state index in [1.165, 1.54) is 0 Å². The van der Waals surface area contributed by atoms with Crippen LogP contribution in [0.3, 0.4) is 0 Å². The number of benzene rings is 2. The molecule has 1 N–H and O–H groups in total. The van der Waals surface area contributed by atoms with Gasteiger partial charge in [0.05, 0.1) is 5.57 Å². The molecular formula is C22H17Cl2NO3. The molecule has 2 aromatic carbocycles. The number of ketones is 1. The Morgan fingerprint density at radius 3 is 2.29 bits per heavy atom. The number of carboxylic acid groups (broad SMARTS) is 1. The summed E-state index contributed by atoms with van der Waals surface area (Å²) in [6.45, 7) is 1.71. The molecule has 4 nitrogen and oxygen atoms in total. The second-order valence-electron chi connectivity index (χ2n) is 6.88. The first-order valence-electron chi connectivity index (χ1n) is 8.74. The fraction of sp³-hybridized carbons (Fsp3) is 0.182. The van der Waals surface area contributed by atoms with Crippen molar-refractivity contribution in [3.8, 4) is 0 Å². The van der Waals surface area contributed by atoms with Crippen LogP contribution in [0.15, 0.2) is 71.4 Å². The van der Waals surface area contributed by atoms with Gasteiger partial charge in [-0.2, -0.15) is 0 Å². The van der Waals surface area contributed by atoms with Crippen LogP contribution in [0, 0.1) is 0 Å². The maximum Gasteiger partial charge on any atom is 0.338 e. The number of aliphatic carboxylic acids is 1. The van der Waals surface area contributed by atoms with Crippen molar-refractivity contribution in [1.29, 1.82) is 0 Å². The number of allylic oxidation sites excluding steroid dienone is 1. The third-order valence-electron chi connectivity index (χ3n) is 5.68. The van der Waals surface area contributed by atoms with Gasteiger partial charge in [0.25, 0.3) is 0 Å². The number of carbonyl (C=O) groups excluding carboxylic acids is 1. The molecule has 1 unspecified atom stereocenters. The first kappa shape index (κ1) is 18.8. The van der Waals surface area contributed by atoms with Crippen LogP contribution in [-0.2, 0) is 10.3 Å². The summed E-state index contributed by atoms with van der Waals surface area (Å²) in [6, 6.07) is 16.2. The van der Waals surface area contributed by atoms with Crippen LogP contribution in [0.4, 0.5) is 0 Å². The van der Waals surface area contributed by atoms with E-state index in [1.54, 1.807) is 43.1 Å². The lowest BCUT2D eigenvalue weighted by molar-refractivity contribution is -0.132. The van der Waals surface area contributed by atoms with E-state index in [-0.39, 0.29) is 11.4 Å². The summed E-state index contributed by atoms with van der Waals surface area (Å²) in [6.07, 6.45) is 0. The summed E-state index contributed by atoms with van der Waals surface area (Å²) in [5.74, 6) is -1.35. The van der Waals surface area contributed by atoms with Crippen LogP contribution >= 0.6 is 23.2 Å². The predicted molar refractivity (Wildman–Crippen MR) is 109 cm³/mol. The van der Waals surface area contributed by atoms with E-state index in [0.717, 1.165) is 0 Å². The molecule has 2 aromatic rings. The number of fused-ring (bicyclic) bond motifs is 3. The van der Waals surface area contributed by atoms with Gasteiger partial charge in [-0.25, -0.2) is 4.79 Å². The summed E-state index contributed by atoms with van der Waals surface area (Å²) < 4.78 is 0. The van der Waals surface area contributed by atoms with Gasteiger partial charge in [-0.3, -0.25) is 4.79 Å². The van der Waals surface area contributed by atoms with E-state index in [4.69, 9.17) is 23.2 Å². The van der Waals surface area contributed by atoms with Crippen molar-refractivity contribution < 1.29 is 14.7 Å². The number of nitrogens with zero attached hydrogens (tertiary/aromatic N) is 1. The molecular weight excluding hydrogens is 397 g/mol. The molecule has 142 valence electrons. The zero-order chi connectivity index (χ0) is 20.2. The van der Waals surface area contributed by atoms with Crippen molar-refractivity contribution >= 4 is 40.5 Å². The molecule has 0 bridgehead atoms. The standard InChI is InChI=1S/C22H17Cl2NO3/c1-12-16(20(27)28)17(13-8-4-3-5-9-13)18-19(26)14-10-6-7-11-15(14)22(18,21(23)24)25(12)2/h3-11,21H,1-2H3,(H,27,28). The van der Waals surface area contributed by atoms with Crippen molar-refractivity contribution in [3.05, 3.63) is 88.1 Å². The number of Topliss-reactive ketones (excluding diaryl/α,β-unsaturated/α-hetero) is 1. The molecule has 1 aliphatic carbocycles. The summed E-state index contributed by atoms with van der Waals surface area (Å²) >= 11 is 13.1. The molecule has 1 heterocycles. The molecule has 0 saturated carbocycles. The quantitative estimate of drug-likeness (QED) is 0.744. The average Bonchev–Trinajstić information content (AvgIpc) is 2.95. The largest absolute Gasteiger partial charge is 0.478 e. The van der Waals surface area contributed by atoms with E-state index in [9.17, 15) is 14.7 Å². The number of carbonyl (C=O) groups is 2. The molecule has 6 heteroatoms. The molecule has 0 radical (unpaired) electrons. The van der Waals surface area contributed by atoms with Crippen LogP contribution in [0.25, 0.3) is 5.57 Å². The van der Waals surface area contributed by atoms with Crippen molar-refractivity contribution in [1.82, 2.24) is 4.90 Å². The van der Waals surface area contributed by atoms with Gasteiger partial charge in [0.1, 0.15) is 10.4 Å². The molecule has 4 rings (SSSR count). The van der Waals surface area contributed by atoms with Crippen molar-refractivity contribution in [2.24, 2.45) is 0 Å². The van der Waals surface area contributed by atoms with Crippen LogP contribution in [0.2, 0.25) is 0 Å². The minimum atomic E-state index is -1.16. The van der Waals surface area contributed by atoms with Gasteiger partial charge in [0.15, 0.2) is 5.78 Å². The Hall–Kier alpha value is -2.56. The Bertz CT molecular complexity index is 1070. The number of halogens is 2. The predicted octanol–water partition coefficient (Wildman–Crippen LogP) is 4.64. The van der Waals surface area contributed by atoms with E-state index in [0.29, 0.717) is 33.5 Å². The van der Waals surface area contributed by atoms with Gasteiger partial charge in [-0.1, -0.05) is 54.6 Å². The molecule has 1 aliphatic heterocycles. The van der Waals surface area contributed by atoms with Crippen LogP contribution in [0.5, 0.6) is 0 Å². The van der Waals surface area contributed by atoms with Gasteiger partial charge in [0, 0.05) is 29.5 Å². The van der Waals surface area contributed by atoms with Gasteiger partial charge < -0.3 is 10.0 Å². The fourth-order valence-corrected chi connectivity index (χ4v) is 5.12. The highest BCUT2D eigenvalue weighted by Crippen LogP contribution is 2.57. The maximum atomic E-state index is 13.5. The lowest BCUT2D eigenvalue weighted by atomic mass is 9.76. The van der Waals surface area contributed by atoms with Crippen molar-refractivity contribution in [3.63, 3.8) is 0 Å². The Morgan fingerprint density at radius 1 is 1.07 bits per heavy atom. The topological polar surface area (TPSA) is 57.6 Å². The second-order valence-corrected chi connectivity index (χ2v) is 7.98. The number of alkyl halides is 2. The SMILES string of the molecule is CC1=C(C(=O)O)C(c2ccccc2)=C2C(=O)c3ccccc3C2(C(Cl)Cl)N1C. The van der Waals surface area contributed by atoms with E-state index in [2.05, 4.69) is 0 Å². The molecule has 0 saturated heterocycles. The smallest absolute Gasteiger partial charge is 0.338 e. The zero-order valence-corrected chi connectivity index (χ0v) is 16.8. The minimum absolute atomic E-state index is 0.0782. The van der Waals surface area contributed by atoms with Gasteiger partial charge >= 0.3 is 5.97 Å². The molecule has 0 spiro atoms. The third kappa shape index (κ3) is 2.25. The summed E-state index contributed by atoms with van der Waals surface area (Å²) in [5, 5.41) is 10.0. The molecule has 0 aromatic heterocycles. The van der Waals surface area contributed by atoms with Crippen LogP contribution in [0.1, 0.15) is 28.4 Å². The fourth-order valence-electron chi connectivity index (χ4n) is 4.37. The Balaban J connectivity index is 2.21. The van der Waals surface area contributed by atoms with E-state index >= 15 is 0 Å². The highest BCUT2D eigenvalue weighted by atomic mass is 35.5. The number of rotatable bonds is 3. The number of likely N-dealkylation sites (N-methyl/N-ethyl adjacent to an activating group) is 1. The Labute approximate surface area is 172 Å². The average molecular weight is 414 g/mol. The number of carboxylic acids is 1. The zero-order valence-electron chi connectivity index (χ0n) is 15.2. The summed E-state index contributed by atoms with van der Waals surface area (Å²) in [7, 11) is 1.73. The van der Waals surface area contributed by atoms with Crippen molar-refractivity contribution in [2.75, 3.05) is 7.05 Å². The monoisotopic (exact) mass is 413 g/mol. The summed E-state index contributed by atoms with van der Waals surface area (Å²) in [4.78, 5) is 26.5. The Kier molecular flexibility index (Phi) is 4.36. The van der Waals surface area contributed by atoms with Crippen molar-refractivity contribution in [2.45, 2.75) is 17.3 Å². The van der Waals surface area contributed by atoms with Crippen LogP contribution < -0.4 is 0 Å². The normalized spacial score (nSPS) is 21.3. The molecule has 0 fully saturated rings. The lowest BCUT2D eigenvalue weighted by Crippen LogP contribution is -2.51. The highest BCUT2D eigenvalue weighted by molar-refractivity contribution is 6.46. The van der Waals surface area contributed by atoms with Gasteiger partial charge in [-0.15, -0.1) is 23.2 Å². The van der Waals surface area contributed by atoms with Gasteiger partial charge in [-0.05, 0) is 18.1 Å². The van der Waals surface area contributed by atoms with Gasteiger partial charge in [0.2, 0.25) is 0 Å². The van der Waals surface area contributed by atoms with Crippen LogP contribution in [-0.4, -0.2) is 33.6 Å². The molecule has 0 amide bonds. The molecule has 1 atom stereocenters. The first-order chi connectivity index (χ1) is 13.3. The molecule has 2 aliphatic rings. The Morgan fingerprint density at radius 2 is 1.68 bits per heavy atom. The second kappa shape index (κ2) is 6.50. The number of hydrogen-bond acceptors (Lipinski definition) is 3. The number of hydrogen-bond donors (Lipinski definition) is 1. The lowest BCUT2D eigenvalue weighted by Gasteiger charge is -2.47. The highest BCUT2D eigenvalue weighted by Gasteiger charge is 2.59. The third-order valence-corrected chi connectivity index (χ3v) is 6.31. The molecule has 28 heavy (non-hydrogen) atoms. The first-order valence-corrected chi connectivity index (χ1v) is 9.61. The maximum absolute atomic E-state index is 13.5. The summed E-state index contributed by atoms with van der Waals surface area (Å²) in [5.41, 5.74) is 1.90. The van der Waals surface area contributed by atoms with E-state index in [1.807, 2.05) is 30.3 Å². The minimum Gasteiger partial charge on any atom is -0.478 e. The van der Waals surface area contributed by atoms with E-state index < -0.39 is 16.3 Å².